The minimum absolute atomic E-state index is 0.0660. The van der Waals surface area contributed by atoms with Crippen LogP contribution in [0.2, 0.25) is 0 Å². The molecule has 0 heterocycles. The van der Waals surface area contributed by atoms with Crippen molar-refractivity contribution in [1.29, 1.82) is 0 Å². The normalized spacial score (nSPS) is 12.8. The van der Waals surface area contributed by atoms with Crippen LogP contribution in [0.25, 0.3) is 0 Å². The summed E-state index contributed by atoms with van der Waals surface area (Å²) in [4.78, 5) is 25.2. The Morgan fingerprint density at radius 2 is 0.750 bits per heavy atom. The molecule has 0 saturated carbocycles. The van der Waals surface area contributed by atoms with Gasteiger partial charge in [-0.25, -0.2) is 0 Å². The van der Waals surface area contributed by atoms with E-state index in [1.165, 1.54) is 122 Å². The Kier molecular flexibility index (Phi) is 48.4. The zero-order valence-electron chi connectivity index (χ0n) is 39.7. The molecule has 0 aliphatic carbocycles. The molecule has 0 spiro atoms. The van der Waals surface area contributed by atoms with Gasteiger partial charge in [0.2, 0.25) is 0 Å². The van der Waals surface area contributed by atoms with Crippen molar-refractivity contribution in [3.8, 4) is 0 Å². The number of carbonyl (C=O) groups excluding carboxylic acids is 2. The van der Waals surface area contributed by atoms with E-state index in [4.69, 9.17) is 14.2 Å². The molecule has 0 aromatic heterocycles. The molecule has 0 aromatic rings. The fraction of sp³-hybridized carbons (Fsp3) is 0.745. The number of unbranched alkanes of at least 4 members (excludes halogenated alkanes) is 23. The monoisotopic (exact) mass is 837 g/mol. The number of hydrogen-bond acceptors (Lipinski definition) is 5. The molecule has 0 bridgehead atoms. The number of allylic oxidation sites excluding steroid dienone is 12. The van der Waals surface area contributed by atoms with Gasteiger partial charge in [-0.15, -0.1) is 0 Å². The summed E-state index contributed by atoms with van der Waals surface area (Å²) < 4.78 is 17.3. The molecule has 0 rings (SSSR count). The van der Waals surface area contributed by atoms with Gasteiger partial charge < -0.3 is 14.2 Å². The number of esters is 2. The zero-order chi connectivity index (χ0) is 43.5. The number of carbonyl (C=O) groups is 2. The molecule has 0 N–H and O–H groups in total. The van der Waals surface area contributed by atoms with Gasteiger partial charge in [-0.2, -0.15) is 0 Å². The summed E-state index contributed by atoms with van der Waals surface area (Å²) in [5.41, 5.74) is 0. The van der Waals surface area contributed by atoms with Crippen molar-refractivity contribution < 1.29 is 23.8 Å². The van der Waals surface area contributed by atoms with E-state index in [1.54, 1.807) is 0 Å². The second kappa shape index (κ2) is 50.7. The van der Waals surface area contributed by atoms with Crippen molar-refractivity contribution in [1.82, 2.24) is 0 Å². The summed E-state index contributed by atoms with van der Waals surface area (Å²) in [6.07, 6.45) is 65.0. The van der Waals surface area contributed by atoms with Crippen LogP contribution in [0.5, 0.6) is 0 Å². The Balaban J connectivity index is 4.18. The average Bonchev–Trinajstić information content (AvgIpc) is 3.25. The molecular weight excluding hydrogens is 741 g/mol. The van der Waals surface area contributed by atoms with E-state index in [1.807, 2.05) is 0 Å². The first-order valence-corrected chi connectivity index (χ1v) is 25.5. The van der Waals surface area contributed by atoms with Crippen molar-refractivity contribution in [3.05, 3.63) is 72.9 Å². The Bertz CT molecular complexity index is 1080. The Labute approximate surface area is 372 Å². The van der Waals surface area contributed by atoms with E-state index in [0.717, 1.165) is 83.5 Å². The topological polar surface area (TPSA) is 61.8 Å². The van der Waals surface area contributed by atoms with Crippen molar-refractivity contribution in [2.24, 2.45) is 0 Å². The molecule has 0 fully saturated rings. The highest BCUT2D eigenvalue weighted by molar-refractivity contribution is 5.70. The van der Waals surface area contributed by atoms with Gasteiger partial charge in [-0.1, -0.05) is 209 Å². The van der Waals surface area contributed by atoms with Gasteiger partial charge in [0.15, 0.2) is 6.10 Å². The van der Waals surface area contributed by atoms with Gasteiger partial charge in [-0.3, -0.25) is 9.59 Å². The lowest BCUT2D eigenvalue weighted by molar-refractivity contribution is -0.163. The molecule has 5 heteroatoms. The molecule has 0 aliphatic rings. The van der Waals surface area contributed by atoms with Gasteiger partial charge in [0.25, 0.3) is 0 Å². The molecule has 1 atom stereocenters. The molecule has 346 valence electrons. The molecule has 0 radical (unpaired) electrons. The SMILES string of the molecule is CC/C=C\C/C=C\C/C=C\C/C=C\C/C=C\CCCCOCC(COC(=O)CCCCCCCCCCC/C=C\CCCCCCCC)OC(=O)CCCCCCCCC. The molecule has 1 unspecified atom stereocenters. The van der Waals surface area contributed by atoms with Gasteiger partial charge in [0.1, 0.15) is 6.61 Å². The van der Waals surface area contributed by atoms with Crippen LogP contribution in [0.4, 0.5) is 0 Å². The fourth-order valence-corrected chi connectivity index (χ4v) is 6.94. The summed E-state index contributed by atoms with van der Waals surface area (Å²) in [6.45, 7) is 7.58. The first-order valence-electron chi connectivity index (χ1n) is 25.5. The van der Waals surface area contributed by atoms with Crippen LogP contribution in [0.3, 0.4) is 0 Å². The van der Waals surface area contributed by atoms with Crippen LogP contribution >= 0.6 is 0 Å². The van der Waals surface area contributed by atoms with Crippen LogP contribution in [0.15, 0.2) is 72.9 Å². The Morgan fingerprint density at radius 1 is 0.383 bits per heavy atom. The van der Waals surface area contributed by atoms with E-state index < -0.39 is 6.10 Å². The van der Waals surface area contributed by atoms with Crippen LogP contribution < -0.4 is 0 Å². The van der Waals surface area contributed by atoms with Gasteiger partial charge in [-0.05, 0) is 89.9 Å². The van der Waals surface area contributed by atoms with Crippen LogP contribution in [-0.2, 0) is 23.8 Å². The minimum Gasteiger partial charge on any atom is -0.462 e. The highest BCUT2D eigenvalue weighted by Crippen LogP contribution is 2.14. The first-order chi connectivity index (χ1) is 29.6. The fourth-order valence-electron chi connectivity index (χ4n) is 6.94. The third-order valence-corrected chi connectivity index (χ3v) is 10.7. The van der Waals surface area contributed by atoms with E-state index in [2.05, 4.69) is 93.7 Å². The highest BCUT2D eigenvalue weighted by atomic mass is 16.6. The molecule has 0 aromatic carbocycles. The third-order valence-electron chi connectivity index (χ3n) is 10.7. The van der Waals surface area contributed by atoms with E-state index in [9.17, 15) is 9.59 Å². The van der Waals surface area contributed by atoms with E-state index >= 15 is 0 Å². The number of ether oxygens (including phenoxy) is 3. The number of hydrogen-bond donors (Lipinski definition) is 0. The van der Waals surface area contributed by atoms with Crippen molar-refractivity contribution >= 4 is 11.9 Å². The lowest BCUT2D eigenvalue weighted by Gasteiger charge is -2.18. The Morgan fingerprint density at radius 3 is 1.22 bits per heavy atom. The zero-order valence-corrected chi connectivity index (χ0v) is 39.7. The van der Waals surface area contributed by atoms with Crippen LogP contribution in [0.1, 0.15) is 239 Å². The second-order valence-electron chi connectivity index (χ2n) is 16.7. The lowest BCUT2D eigenvalue weighted by Crippen LogP contribution is -2.30. The van der Waals surface area contributed by atoms with E-state index in [-0.39, 0.29) is 25.2 Å². The summed E-state index contributed by atoms with van der Waals surface area (Å²) in [5.74, 6) is -0.427. The second-order valence-corrected chi connectivity index (χ2v) is 16.7. The third kappa shape index (κ3) is 48.0. The highest BCUT2D eigenvalue weighted by Gasteiger charge is 2.17. The van der Waals surface area contributed by atoms with Crippen LogP contribution in [-0.4, -0.2) is 37.9 Å². The summed E-state index contributed by atoms with van der Waals surface area (Å²) in [7, 11) is 0. The number of rotatable bonds is 46. The maximum atomic E-state index is 12.7. The first kappa shape index (κ1) is 57.3. The standard InChI is InChI=1S/C55H96O5/c1-4-7-10-13-16-18-20-22-24-26-28-29-31-33-35-37-40-42-45-48-54(56)59-52-53(60-55(57)49-46-43-39-15-12-9-6-3)51-58-50-47-44-41-38-36-34-32-30-27-25-23-21-19-17-14-11-8-5-2/h8,11,17,19,22-25,30,32,36,38,53H,4-7,9-10,12-16,18,20-21,26-29,31,33-35,37,39-52H2,1-3H3/b11-8-,19-17-,24-22-,25-23-,32-30-,38-36-. The summed E-state index contributed by atoms with van der Waals surface area (Å²) >= 11 is 0. The van der Waals surface area contributed by atoms with Crippen molar-refractivity contribution in [2.45, 2.75) is 245 Å². The minimum atomic E-state index is -0.557. The quantitative estimate of drug-likeness (QED) is 0.0347. The van der Waals surface area contributed by atoms with Crippen molar-refractivity contribution in [2.75, 3.05) is 19.8 Å². The maximum absolute atomic E-state index is 12.7. The van der Waals surface area contributed by atoms with E-state index in [0.29, 0.717) is 19.4 Å². The maximum Gasteiger partial charge on any atom is 0.306 e. The van der Waals surface area contributed by atoms with Gasteiger partial charge in [0.05, 0.1) is 6.61 Å². The van der Waals surface area contributed by atoms with Gasteiger partial charge >= 0.3 is 11.9 Å². The molecule has 0 aliphatic heterocycles. The molecule has 0 saturated heterocycles. The average molecular weight is 837 g/mol. The summed E-state index contributed by atoms with van der Waals surface area (Å²) in [5, 5.41) is 0. The lowest BCUT2D eigenvalue weighted by atomic mass is 10.1. The van der Waals surface area contributed by atoms with Crippen LogP contribution in [0, 0.1) is 0 Å². The molecule has 0 amide bonds. The molecular formula is C55H96O5. The predicted octanol–water partition coefficient (Wildman–Crippen LogP) is 17.1. The smallest absolute Gasteiger partial charge is 0.306 e. The predicted molar refractivity (Wildman–Crippen MR) is 260 cm³/mol. The molecule has 60 heavy (non-hydrogen) atoms. The largest absolute Gasteiger partial charge is 0.462 e. The molecule has 5 nitrogen and oxygen atoms in total. The Hall–Kier alpha value is -2.66. The summed E-state index contributed by atoms with van der Waals surface area (Å²) in [6, 6.07) is 0. The van der Waals surface area contributed by atoms with Gasteiger partial charge in [0, 0.05) is 19.4 Å². The van der Waals surface area contributed by atoms with Crippen molar-refractivity contribution in [3.63, 3.8) is 0 Å².